The van der Waals surface area contributed by atoms with Crippen molar-refractivity contribution >= 4 is 27.5 Å². The molecule has 0 spiro atoms. The molecule has 1 aromatic rings. The minimum atomic E-state index is 0.0742. The summed E-state index contributed by atoms with van der Waals surface area (Å²) in [4.78, 5) is 0. The summed E-state index contributed by atoms with van der Waals surface area (Å²) in [6.45, 7) is 0.733. The lowest BCUT2D eigenvalue weighted by atomic mass is 10.0. The molecule has 84 valence electrons. The summed E-state index contributed by atoms with van der Waals surface area (Å²) >= 11 is 9.30. The van der Waals surface area contributed by atoms with Crippen LogP contribution in [0, 0.1) is 0 Å². The van der Waals surface area contributed by atoms with Crippen LogP contribution in [0.4, 0.5) is 0 Å². The molecular weight excluding hydrogens is 275 g/mol. The first-order valence-corrected chi connectivity index (χ1v) is 6.23. The number of halogens is 2. The van der Waals surface area contributed by atoms with Crippen LogP contribution in [0.1, 0.15) is 30.9 Å². The standard InChI is InChI=1S/C11H16BrClN2/c12-9-7-8(4-5-10(9)13)11(15)3-1-2-6-14/h4-5,7,11H,1-3,6,14-15H2/t11-/m0/s1. The Morgan fingerprint density at radius 3 is 2.67 bits per heavy atom. The second kappa shape index (κ2) is 6.48. The van der Waals surface area contributed by atoms with Gasteiger partial charge in [0.05, 0.1) is 5.02 Å². The minimum absolute atomic E-state index is 0.0742. The van der Waals surface area contributed by atoms with Gasteiger partial charge in [-0.15, -0.1) is 0 Å². The van der Waals surface area contributed by atoms with E-state index in [1.807, 2.05) is 18.2 Å². The lowest BCUT2D eigenvalue weighted by molar-refractivity contribution is 0.591. The molecule has 0 aliphatic heterocycles. The number of unbranched alkanes of at least 4 members (excludes halogenated alkanes) is 1. The van der Waals surface area contributed by atoms with Crippen LogP contribution in [0.15, 0.2) is 22.7 Å². The van der Waals surface area contributed by atoms with Gasteiger partial charge in [-0.1, -0.05) is 24.1 Å². The quantitative estimate of drug-likeness (QED) is 0.818. The highest BCUT2D eigenvalue weighted by Crippen LogP contribution is 2.26. The van der Waals surface area contributed by atoms with E-state index in [2.05, 4.69) is 15.9 Å². The molecule has 1 rings (SSSR count). The van der Waals surface area contributed by atoms with Gasteiger partial charge < -0.3 is 11.5 Å². The van der Waals surface area contributed by atoms with E-state index in [1.165, 1.54) is 0 Å². The van der Waals surface area contributed by atoms with Crippen LogP contribution < -0.4 is 11.5 Å². The lowest BCUT2D eigenvalue weighted by Gasteiger charge is -2.12. The number of nitrogens with two attached hydrogens (primary N) is 2. The highest BCUT2D eigenvalue weighted by Gasteiger charge is 2.07. The molecule has 0 fully saturated rings. The molecule has 0 aromatic heterocycles. The summed E-state index contributed by atoms with van der Waals surface area (Å²) in [5, 5.41) is 0.716. The molecular formula is C11H16BrClN2. The molecule has 1 atom stereocenters. The summed E-state index contributed by atoms with van der Waals surface area (Å²) in [5.74, 6) is 0. The first kappa shape index (κ1) is 13.0. The van der Waals surface area contributed by atoms with E-state index in [0.717, 1.165) is 35.8 Å². The first-order chi connectivity index (χ1) is 7.15. The Bertz CT molecular complexity index is 317. The average molecular weight is 292 g/mol. The summed E-state index contributed by atoms with van der Waals surface area (Å²) in [5.41, 5.74) is 12.6. The average Bonchev–Trinajstić information content (AvgIpc) is 2.22. The summed E-state index contributed by atoms with van der Waals surface area (Å²) in [6.07, 6.45) is 3.06. The lowest BCUT2D eigenvalue weighted by Crippen LogP contribution is -2.11. The molecule has 4 heteroatoms. The molecule has 0 amide bonds. The molecule has 0 aliphatic carbocycles. The fourth-order valence-corrected chi connectivity index (χ4v) is 1.93. The van der Waals surface area contributed by atoms with Crippen LogP contribution in [0.5, 0.6) is 0 Å². The fourth-order valence-electron chi connectivity index (χ4n) is 1.42. The largest absolute Gasteiger partial charge is 0.330 e. The molecule has 0 saturated carbocycles. The van der Waals surface area contributed by atoms with Crippen molar-refractivity contribution in [3.8, 4) is 0 Å². The highest BCUT2D eigenvalue weighted by molar-refractivity contribution is 9.10. The van der Waals surface area contributed by atoms with Crippen molar-refractivity contribution in [2.24, 2.45) is 11.5 Å². The van der Waals surface area contributed by atoms with Gasteiger partial charge in [-0.3, -0.25) is 0 Å². The van der Waals surface area contributed by atoms with E-state index in [-0.39, 0.29) is 6.04 Å². The van der Waals surface area contributed by atoms with E-state index < -0.39 is 0 Å². The second-order valence-corrected chi connectivity index (χ2v) is 4.83. The third kappa shape index (κ3) is 4.11. The van der Waals surface area contributed by atoms with Crippen molar-refractivity contribution < 1.29 is 0 Å². The molecule has 0 unspecified atom stereocenters. The van der Waals surface area contributed by atoms with Crippen molar-refractivity contribution in [3.63, 3.8) is 0 Å². The third-order valence-electron chi connectivity index (χ3n) is 2.34. The van der Waals surface area contributed by atoms with Gasteiger partial charge in [0.2, 0.25) is 0 Å². The van der Waals surface area contributed by atoms with Gasteiger partial charge in [0.25, 0.3) is 0 Å². The summed E-state index contributed by atoms with van der Waals surface area (Å²) in [6, 6.07) is 5.89. The topological polar surface area (TPSA) is 52.0 Å². The van der Waals surface area contributed by atoms with Crippen molar-refractivity contribution in [3.05, 3.63) is 33.3 Å². The highest BCUT2D eigenvalue weighted by atomic mass is 79.9. The van der Waals surface area contributed by atoms with Gasteiger partial charge in [0, 0.05) is 10.5 Å². The zero-order chi connectivity index (χ0) is 11.3. The van der Waals surface area contributed by atoms with Gasteiger partial charge in [-0.25, -0.2) is 0 Å². The SMILES string of the molecule is NCCCC[C@H](N)c1ccc(Cl)c(Br)c1. The number of benzene rings is 1. The molecule has 0 heterocycles. The monoisotopic (exact) mass is 290 g/mol. The molecule has 0 saturated heterocycles. The van der Waals surface area contributed by atoms with Gasteiger partial charge >= 0.3 is 0 Å². The third-order valence-corrected chi connectivity index (χ3v) is 3.56. The van der Waals surface area contributed by atoms with E-state index in [9.17, 15) is 0 Å². The van der Waals surface area contributed by atoms with Crippen LogP contribution in [0.25, 0.3) is 0 Å². The number of rotatable bonds is 5. The van der Waals surface area contributed by atoms with E-state index in [0.29, 0.717) is 5.02 Å². The Labute approximate surface area is 104 Å². The maximum absolute atomic E-state index is 6.05. The van der Waals surface area contributed by atoms with E-state index in [4.69, 9.17) is 23.1 Å². The smallest absolute Gasteiger partial charge is 0.0548 e. The van der Waals surface area contributed by atoms with Crippen molar-refractivity contribution in [1.82, 2.24) is 0 Å². The predicted molar refractivity (Wildman–Crippen MR) is 69.0 cm³/mol. The Morgan fingerprint density at radius 2 is 2.07 bits per heavy atom. The van der Waals surface area contributed by atoms with Crippen molar-refractivity contribution in [1.29, 1.82) is 0 Å². The zero-order valence-corrected chi connectivity index (χ0v) is 10.9. The number of hydrogen-bond donors (Lipinski definition) is 2. The van der Waals surface area contributed by atoms with Gasteiger partial charge in [0.15, 0.2) is 0 Å². The molecule has 1 aromatic carbocycles. The molecule has 0 bridgehead atoms. The Hall–Kier alpha value is -0.0900. The Balaban J connectivity index is 2.57. The van der Waals surface area contributed by atoms with Crippen LogP contribution in [-0.4, -0.2) is 6.54 Å². The fraction of sp³-hybridized carbons (Fsp3) is 0.455. The van der Waals surface area contributed by atoms with Crippen LogP contribution >= 0.6 is 27.5 Å². The second-order valence-electron chi connectivity index (χ2n) is 3.56. The maximum atomic E-state index is 6.05. The van der Waals surface area contributed by atoms with Gasteiger partial charge in [-0.05, 0) is 53.0 Å². The zero-order valence-electron chi connectivity index (χ0n) is 8.55. The molecule has 15 heavy (non-hydrogen) atoms. The van der Waals surface area contributed by atoms with Crippen molar-refractivity contribution in [2.75, 3.05) is 6.54 Å². The van der Waals surface area contributed by atoms with Crippen LogP contribution in [-0.2, 0) is 0 Å². The van der Waals surface area contributed by atoms with Crippen LogP contribution in [0.2, 0.25) is 5.02 Å². The van der Waals surface area contributed by atoms with Gasteiger partial charge in [0.1, 0.15) is 0 Å². The molecule has 4 N–H and O–H groups in total. The summed E-state index contributed by atoms with van der Waals surface area (Å²) in [7, 11) is 0. The first-order valence-electron chi connectivity index (χ1n) is 5.05. The summed E-state index contributed by atoms with van der Waals surface area (Å²) < 4.78 is 0.899. The number of hydrogen-bond acceptors (Lipinski definition) is 2. The minimum Gasteiger partial charge on any atom is -0.330 e. The Kier molecular flexibility index (Phi) is 5.61. The van der Waals surface area contributed by atoms with E-state index in [1.54, 1.807) is 0 Å². The van der Waals surface area contributed by atoms with E-state index >= 15 is 0 Å². The normalized spacial score (nSPS) is 12.8. The molecule has 0 aliphatic rings. The van der Waals surface area contributed by atoms with Crippen LogP contribution in [0.3, 0.4) is 0 Å². The molecule has 2 nitrogen and oxygen atoms in total. The maximum Gasteiger partial charge on any atom is 0.0548 e. The Morgan fingerprint density at radius 1 is 1.33 bits per heavy atom. The molecule has 0 radical (unpaired) electrons. The van der Waals surface area contributed by atoms with Crippen molar-refractivity contribution in [2.45, 2.75) is 25.3 Å². The van der Waals surface area contributed by atoms with Gasteiger partial charge in [-0.2, -0.15) is 0 Å². The predicted octanol–water partition coefficient (Wildman–Crippen LogP) is 3.23.